The van der Waals surface area contributed by atoms with Gasteiger partial charge >= 0.3 is 0 Å². The van der Waals surface area contributed by atoms with Gasteiger partial charge in [0.05, 0.1) is 0 Å². The molecule has 1 heterocycles. The van der Waals surface area contributed by atoms with Gasteiger partial charge < -0.3 is 10.3 Å². The maximum atomic E-state index is 11.0. The van der Waals surface area contributed by atoms with Crippen molar-refractivity contribution in [2.75, 3.05) is 6.54 Å². The van der Waals surface area contributed by atoms with Gasteiger partial charge in [-0.1, -0.05) is 6.92 Å². The predicted octanol–water partition coefficient (Wildman–Crippen LogP) is 0.868. The topological polar surface area (TPSA) is 57.8 Å². The summed E-state index contributed by atoms with van der Waals surface area (Å²) in [5.74, 6) is 1.03. The molecule has 4 nitrogen and oxygen atoms in total. The lowest BCUT2D eigenvalue weighted by molar-refractivity contribution is -0.121. The van der Waals surface area contributed by atoms with Gasteiger partial charge in [0.1, 0.15) is 5.82 Å². The zero-order valence-electron chi connectivity index (χ0n) is 7.84. The van der Waals surface area contributed by atoms with Crippen molar-refractivity contribution in [2.45, 2.75) is 26.2 Å². The minimum absolute atomic E-state index is 0.119. The summed E-state index contributed by atoms with van der Waals surface area (Å²) in [5, 5.41) is 2.82. The third kappa shape index (κ3) is 3.73. The molecule has 0 saturated carbocycles. The number of nitrogens with zero attached hydrogens (tertiary/aromatic N) is 1. The zero-order valence-corrected chi connectivity index (χ0v) is 7.84. The fourth-order valence-electron chi connectivity index (χ4n) is 1.07. The Kier molecular flexibility index (Phi) is 4.02. The Morgan fingerprint density at radius 2 is 2.54 bits per heavy atom. The Morgan fingerprint density at radius 1 is 1.69 bits per heavy atom. The predicted molar refractivity (Wildman–Crippen MR) is 50.2 cm³/mol. The molecular formula is C9H15N3O. The van der Waals surface area contributed by atoms with Crippen LogP contribution in [0.4, 0.5) is 0 Å². The molecule has 0 fully saturated rings. The van der Waals surface area contributed by atoms with Gasteiger partial charge in [-0.05, 0) is 6.42 Å². The molecule has 0 aliphatic rings. The number of amides is 1. The number of nitrogens with one attached hydrogen (secondary N) is 2. The summed E-state index contributed by atoms with van der Waals surface area (Å²) in [6.07, 6.45) is 5.76. The van der Waals surface area contributed by atoms with Crippen LogP contribution in [0, 0.1) is 0 Å². The number of hydrogen-bond acceptors (Lipinski definition) is 2. The highest BCUT2D eigenvalue weighted by molar-refractivity contribution is 5.75. The fourth-order valence-corrected chi connectivity index (χ4v) is 1.07. The second-order valence-electron chi connectivity index (χ2n) is 2.89. The zero-order chi connectivity index (χ0) is 9.52. The van der Waals surface area contributed by atoms with Gasteiger partial charge in [0.25, 0.3) is 0 Å². The second kappa shape index (κ2) is 5.35. The molecule has 1 rings (SSSR count). The number of carbonyl (C=O) groups excluding carboxylic acids is 1. The molecule has 1 aromatic rings. The van der Waals surface area contributed by atoms with Crippen LogP contribution in [0.3, 0.4) is 0 Å². The van der Waals surface area contributed by atoms with Crippen molar-refractivity contribution in [3.05, 3.63) is 18.2 Å². The number of H-pyrrole nitrogens is 1. The van der Waals surface area contributed by atoms with Gasteiger partial charge in [-0.15, -0.1) is 0 Å². The summed E-state index contributed by atoms with van der Waals surface area (Å²) >= 11 is 0. The number of aromatic amines is 1. The van der Waals surface area contributed by atoms with Gasteiger partial charge in [0, 0.05) is 31.8 Å². The third-order valence-corrected chi connectivity index (χ3v) is 1.72. The summed E-state index contributed by atoms with van der Waals surface area (Å²) in [6, 6.07) is 0. The highest BCUT2D eigenvalue weighted by atomic mass is 16.1. The molecule has 1 amide bonds. The fraction of sp³-hybridized carbons (Fsp3) is 0.556. The first-order chi connectivity index (χ1) is 6.33. The second-order valence-corrected chi connectivity index (χ2v) is 2.89. The van der Waals surface area contributed by atoms with E-state index in [0.29, 0.717) is 13.0 Å². The van der Waals surface area contributed by atoms with Crippen LogP contribution in [-0.4, -0.2) is 22.4 Å². The molecule has 4 heteroatoms. The molecule has 0 aliphatic heterocycles. The summed E-state index contributed by atoms with van der Waals surface area (Å²) < 4.78 is 0. The van der Waals surface area contributed by atoms with Crippen molar-refractivity contribution in [3.8, 4) is 0 Å². The van der Waals surface area contributed by atoms with Crippen molar-refractivity contribution in [1.29, 1.82) is 0 Å². The van der Waals surface area contributed by atoms with Gasteiger partial charge in [0.2, 0.25) is 5.91 Å². The molecule has 2 N–H and O–H groups in total. The smallest absolute Gasteiger partial charge is 0.219 e. The van der Waals surface area contributed by atoms with E-state index in [-0.39, 0.29) is 5.91 Å². The van der Waals surface area contributed by atoms with Crippen molar-refractivity contribution in [1.82, 2.24) is 15.3 Å². The van der Waals surface area contributed by atoms with E-state index in [1.807, 2.05) is 6.92 Å². The molecule has 0 aromatic carbocycles. The van der Waals surface area contributed by atoms with E-state index < -0.39 is 0 Å². The van der Waals surface area contributed by atoms with Crippen LogP contribution < -0.4 is 5.32 Å². The number of aromatic nitrogens is 2. The van der Waals surface area contributed by atoms with Crippen molar-refractivity contribution in [2.24, 2.45) is 0 Å². The molecule has 0 aliphatic carbocycles. The summed E-state index contributed by atoms with van der Waals surface area (Å²) in [4.78, 5) is 18.1. The maximum Gasteiger partial charge on any atom is 0.219 e. The summed E-state index contributed by atoms with van der Waals surface area (Å²) in [7, 11) is 0. The Morgan fingerprint density at radius 3 is 3.15 bits per heavy atom. The molecule has 0 saturated heterocycles. The van der Waals surface area contributed by atoms with Gasteiger partial charge in [-0.25, -0.2) is 4.98 Å². The normalized spacial score (nSPS) is 9.92. The standard InChI is InChI=1S/C9H15N3O/c1-2-3-9(13)12-5-4-8-10-6-7-11-8/h6-7H,2-5H2,1H3,(H,10,11)(H,12,13). The largest absolute Gasteiger partial charge is 0.356 e. The average Bonchev–Trinajstić information content (AvgIpc) is 2.57. The minimum atomic E-state index is 0.119. The summed E-state index contributed by atoms with van der Waals surface area (Å²) in [6.45, 7) is 2.65. The van der Waals surface area contributed by atoms with Gasteiger partial charge in [0.15, 0.2) is 0 Å². The lowest BCUT2D eigenvalue weighted by Crippen LogP contribution is -2.25. The van der Waals surface area contributed by atoms with Crippen molar-refractivity contribution < 1.29 is 4.79 Å². The van der Waals surface area contributed by atoms with Crippen LogP contribution in [0.25, 0.3) is 0 Å². The molecule has 1 aromatic heterocycles. The van der Waals surface area contributed by atoms with Crippen molar-refractivity contribution in [3.63, 3.8) is 0 Å². The van der Waals surface area contributed by atoms with E-state index in [0.717, 1.165) is 18.7 Å². The molecular weight excluding hydrogens is 166 g/mol. The Hall–Kier alpha value is -1.32. The Labute approximate surface area is 77.8 Å². The van der Waals surface area contributed by atoms with E-state index in [2.05, 4.69) is 15.3 Å². The Bertz CT molecular complexity index is 243. The van der Waals surface area contributed by atoms with E-state index in [1.54, 1.807) is 12.4 Å². The van der Waals surface area contributed by atoms with Crippen LogP contribution in [0.15, 0.2) is 12.4 Å². The molecule has 13 heavy (non-hydrogen) atoms. The van der Waals surface area contributed by atoms with Gasteiger partial charge in [-0.2, -0.15) is 0 Å². The van der Waals surface area contributed by atoms with Crippen LogP contribution in [0.5, 0.6) is 0 Å². The first-order valence-electron chi connectivity index (χ1n) is 4.58. The molecule has 0 radical (unpaired) electrons. The lowest BCUT2D eigenvalue weighted by Gasteiger charge is -2.01. The maximum absolute atomic E-state index is 11.0. The van der Waals surface area contributed by atoms with E-state index >= 15 is 0 Å². The first kappa shape index (κ1) is 9.77. The highest BCUT2D eigenvalue weighted by Gasteiger charge is 1.98. The van der Waals surface area contributed by atoms with E-state index in [9.17, 15) is 4.79 Å². The number of carbonyl (C=O) groups is 1. The Balaban J connectivity index is 2.11. The SMILES string of the molecule is CCCC(=O)NCCc1ncc[nH]1. The van der Waals surface area contributed by atoms with Crippen LogP contribution >= 0.6 is 0 Å². The van der Waals surface area contributed by atoms with Crippen molar-refractivity contribution >= 4 is 5.91 Å². The highest BCUT2D eigenvalue weighted by Crippen LogP contribution is 1.89. The van der Waals surface area contributed by atoms with E-state index in [1.165, 1.54) is 0 Å². The average molecular weight is 181 g/mol. The summed E-state index contributed by atoms with van der Waals surface area (Å²) in [5.41, 5.74) is 0. The number of rotatable bonds is 5. The van der Waals surface area contributed by atoms with Crippen LogP contribution in [-0.2, 0) is 11.2 Å². The number of hydrogen-bond donors (Lipinski definition) is 2. The molecule has 72 valence electrons. The molecule has 0 bridgehead atoms. The lowest BCUT2D eigenvalue weighted by atomic mass is 10.3. The first-order valence-corrected chi connectivity index (χ1v) is 4.58. The molecule has 0 unspecified atom stereocenters. The molecule has 0 spiro atoms. The quantitative estimate of drug-likeness (QED) is 0.708. The number of imidazole rings is 1. The van der Waals surface area contributed by atoms with E-state index in [4.69, 9.17) is 0 Å². The third-order valence-electron chi connectivity index (χ3n) is 1.72. The minimum Gasteiger partial charge on any atom is -0.356 e. The molecule has 0 atom stereocenters. The van der Waals surface area contributed by atoms with Gasteiger partial charge in [-0.3, -0.25) is 4.79 Å². The van der Waals surface area contributed by atoms with Crippen LogP contribution in [0.1, 0.15) is 25.6 Å². The monoisotopic (exact) mass is 181 g/mol. The van der Waals surface area contributed by atoms with Crippen LogP contribution in [0.2, 0.25) is 0 Å².